The molecule has 0 atom stereocenters. The summed E-state index contributed by atoms with van der Waals surface area (Å²) in [5.41, 5.74) is 1.10. The predicted octanol–water partition coefficient (Wildman–Crippen LogP) is 3.81. The number of anilines is 1. The Morgan fingerprint density at radius 3 is 2.61 bits per heavy atom. The molecule has 2 aromatic carbocycles. The Labute approximate surface area is 141 Å². The number of benzene rings is 2. The van der Waals surface area contributed by atoms with Crippen molar-refractivity contribution in [3.8, 4) is 5.75 Å². The molecule has 6 heteroatoms. The number of methoxy groups -OCH3 is 1. The fourth-order valence-corrected chi connectivity index (χ4v) is 2.47. The van der Waals surface area contributed by atoms with E-state index in [1.165, 1.54) is 12.1 Å². The van der Waals surface area contributed by atoms with Crippen LogP contribution in [0.3, 0.4) is 0 Å². The molecule has 118 valence electrons. The summed E-state index contributed by atoms with van der Waals surface area (Å²) in [7, 11) is 1.57. The van der Waals surface area contributed by atoms with E-state index in [4.69, 9.17) is 9.84 Å². The number of carbonyl (C=O) groups excluding carboxylic acids is 1. The predicted molar refractivity (Wildman–Crippen MR) is 91.8 cm³/mol. The largest absolute Gasteiger partial charge is 0.496 e. The van der Waals surface area contributed by atoms with E-state index in [0.717, 1.165) is 10.0 Å². The monoisotopic (exact) mass is 375 g/mol. The quantitative estimate of drug-likeness (QED) is 0.779. The molecule has 0 aliphatic heterocycles. The van der Waals surface area contributed by atoms with Crippen LogP contribution in [-0.4, -0.2) is 24.1 Å². The van der Waals surface area contributed by atoms with Gasteiger partial charge in [-0.25, -0.2) is 4.79 Å². The highest BCUT2D eigenvalue weighted by atomic mass is 79.9. The minimum absolute atomic E-state index is 0.0430. The van der Waals surface area contributed by atoms with Gasteiger partial charge in [-0.3, -0.25) is 4.79 Å². The Balaban J connectivity index is 2.11. The second-order valence-corrected chi connectivity index (χ2v) is 5.42. The second-order valence-electron chi connectivity index (χ2n) is 4.57. The molecule has 0 saturated heterocycles. The van der Waals surface area contributed by atoms with Gasteiger partial charge in [0.15, 0.2) is 0 Å². The van der Waals surface area contributed by atoms with Crippen LogP contribution in [0.4, 0.5) is 5.69 Å². The normalized spacial score (nSPS) is 10.5. The lowest BCUT2D eigenvalue weighted by Gasteiger charge is -2.06. The third-order valence-corrected chi connectivity index (χ3v) is 3.64. The van der Waals surface area contributed by atoms with Crippen LogP contribution in [-0.2, 0) is 4.79 Å². The second kappa shape index (κ2) is 7.60. The number of amides is 1. The molecule has 0 aromatic heterocycles. The number of carboxylic acid groups (broad SMARTS) is 1. The van der Waals surface area contributed by atoms with Gasteiger partial charge in [-0.15, -0.1) is 0 Å². The number of hydrogen-bond donors (Lipinski definition) is 2. The molecular formula is C17H14BrNO4. The first-order valence-electron chi connectivity index (χ1n) is 6.66. The van der Waals surface area contributed by atoms with Crippen LogP contribution < -0.4 is 10.1 Å². The molecule has 0 unspecified atom stereocenters. The van der Waals surface area contributed by atoms with Crippen molar-refractivity contribution in [1.82, 2.24) is 0 Å². The Kier molecular flexibility index (Phi) is 5.54. The minimum atomic E-state index is -1.09. The van der Waals surface area contributed by atoms with Gasteiger partial charge in [0.05, 0.1) is 22.8 Å². The van der Waals surface area contributed by atoms with Crippen molar-refractivity contribution in [2.24, 2.45) is 0 Å². The lowest BCUT2D eigenvalue weighted by atomic mass is 10.1. The van der Waals surface area contributed by atoms with Crippen molar-refractivity contribution in [2.45, 2.75) is 0 Å². The van der Waals surface area contributed by atoms with Crippen molar-refractivity contribution >= 4 is 39.6 Å². The van der Waals surface area contributed by atoms with E-state index in [-0.39, 0.29) is 11.3 Å². The Morgan fingerprint density at radius 1 is 1.22 bits per heavy atom. The third kappa shape index (κ3) is 4.43. The molecule has 0 bridgehead atoms. The first-order chi connectivity index (χ1) is 11.0. The van der Waals surface area contributed by atoms with Crippen LogP contribution in [0.2, 0.25) is 0 Å². The highest BCUT2D eigenvalue weighted by molar-refractivity contribution is 9.10. The number of aromatic carboxylic acids is 1. The molecule has 0 saturated carbocycles. The third-order valence-electron chi connectivity index (χ3n) is 3.02. The molecule has 23 heavy (non-hydrogen) atoms. The summed E-state index contributed by atoms with van der Waals surface area (Å²) in [4.78, 5) is 23.0. The lowest BCUT2D eigenvalue weighted by Crippen LogP contribution is -2.11. The summed E-state index contributed by atoms with van der Waals surface area (Å²) in [6.07, 6.45) is 2.97. The number of rotatable bonds is 5. The number of carboxylic acids is 1. The number of nitrogens with one attached hydrogen (secondary N) is 1. The molecule has 0 fully saturated rings. The lowest BCUT2D eigenvalue weighted by molar-refractivity contribution is -0.111. The van der Waals surface area contributed by atoms with Crippen LogP contribution in [0, 0.1) is 0 Å². The smallest absolute Gasteiger partial charge is 0.337 e. The topological polar surface area (TPSA) is 75.6 Å². The van der Waals surface area contributed by atoms with E-state index in [0.29, 0.717) is 5.75 Å². The maximum atomic E-state index is 11.9. The Bertz CT molecular complexity index is 771. The minimum Gasteiger partial charge on any atom is -0.496 e. The number of halogens is 1. The standard InChI is InChI=1S/C17H14BrNO4/c1-23-15-8-6-11(10-13(15)18)7-9-16(20)19-14-5-3-2-4-12(14)17(21)22/h2-10H,1H3,(H,19,20)(H,21,22). The van der Waals surface area contributed by atoms with E-state index >= 15 is 0 Å². The van der Waals surface area contributed by atoms with Crippen molar-refractivity contribution < 1.29 is 19.4 Å². The molecule has 0 heterocycles. The van der Waals surface area contributed by atoms with E-state index < -0.39 is 11.9 Å². The molecule has 5 nitrogen and oxygen atoms in total. The van der Waals surface area contributed by atoms with Crippen LogP contribution in [0.5, 0.6) is 5.75 Å². The fourth-order valence-electron chi connectivity index (χ4n) is 1.91. The summed E-state index contributed by atoms with van der Waals surface area (Å²) in [6, 6.07) is 11.6. The Hall–Kier alpha value is -2.60. The first kappa shape index (κ1) is 16.8. The van der Waals surface area contributed by atoms with Crippen LogP contribution in [0.25, 0.3) is 6.08 Å². The van der Waals surface area contributed by atoms with Crippen molar-refractivity contribution in [2.75, 3.05) is 12.4 Å². The molecule has 2 N–H and O–H groups in total. The molecule has 1 amide bonds. The van der Waals surface area contributed by atoms with Crippen molar-refractivity contribution in [1.29, 1.82) is 0 Å². The number of ether oxygens (including phenoxy) is 1. The maximum absolute atomic E-state index is 11.9. The van der Waals surface area contributed by atoms with E-state index in [2.05, 4.69) is 21.2 Å². The van der Waals surface area contributed by atoms with E-state index in [9.17, 15) is 9.59 Å². The van der Waals surface area contributed by atoms with Crippen LogP contribution >= 0.6 is 15.9 Å². The summed E-state index contributed by atoms with van der Waals surface area (Å²) < 4.78 is 5.91. The highest BCUT2D eigenvalue weighted by Crippen LogP contribution is 2.26. The number of hydrogen-bond acceptors (Lipinski definition) is 3. The van der Waals surface area contributed by atoms with Crippen LogP contribution in [0.15, 0.2) is 53.0 Å². The number of para-hydroxylation sites is 1. The fraction of sp³-hybridized carbons (Fsp3) is 0.0588. The highest BCUT2D eigenvalue weighted by Gasteiger charge is 2.10. The van der Waals surface area contributed by atoms with Gasteiger partial charge in [-0.2, -0.15) is 0 Å². The van der Waals surface area contributed by atoms with Crippen LogP contribution in [0.1, 0.15) is 15.9 Å². The summed E-state index contributed by atoms with van der Waals surface area (Å²) in [5.74, 6) is -0.809. The summed E-state index contributed by atoms with van der Waals surface area (Å²) in [6.45, 7) is 0. The Morgan fingerprint density at radius 2 is 1.96 bits per heavy atom. The van der Waals surface area contributed by atoms with Crippen molar-refractivity contribution in [3.05, 3.63) is 64.1 Å². The molecule has 2 aromatic rings. The summed E-state index contributed by atoms with van der Waals surface area (Å²) >= 11 is 3.37. The van der Waals surface area contributed by atoms with E-state index in [1.807, 2.05) is 6.07 Å². The zero-order chi connectivity index (χ0) is 16.8. The zero-order valence-electron chi connectivity index (χ0n) is 12.2. The van der Waals surface area contributed by atoms with Gasteiger partial charge in [0, 0.05) is 6.08 Å². The average molecular weight is 376 g/mol. The molecule has 0 radical (unpaired) electrons. The number of carbonyl (C=O) groups is 2. The van der Waals surface area contributed by atoms with Gasteiger partial charge in [0.25, 0.3) is 0 Å². The molecular weight excluding hydrogens is 362 g/mol. The zero-order valence-corrected chi connectivity index (χ0v) is 13.8. The van der Waals surface area contributed by atoms with E-state index in [1.54, 1.807) is 43.5 Å². The van der Waals surface area contributed by atoms with Gasteiger partial charge in [-0.05, 0) is 51.8 Å². The van der Waals surface area contributed by atoms with Gasteiger partial charge >= 0.3 is 5.97 Å². The van der Waals surface area contributed by atoms with Gasteiger partial charge in [0.1, 0.15) is 5.75 Å². The molecule has 0 aliphatic carbocycles. The molecule has 2 rings (SSSR count). The molecule has 0 spiro atoms. The summed E-state index contributed by atoms with van der Waals surface area (Å²) in [5, 5.41) is 11.6. The van der Waals surface area contributed by atoms with Gasteiger partial charge in [0.2, 0.25) is 5.91 Å². The first-order valence-corrected chi connectivity index (χ1v) is 7.45. The van der Waals surface area contributed by atoms with Crippen molar-refractivity contribution in [3.63, 3.8) is 0 Å². The molecule has 0 aliphatic rings. The SMILES string of the molecule is COc1ccc(C=CC(=O)Nc2ccccc2C(=O)O)cc1Br. The maximum Gasteiger partial charge on any atom is 0.337 e. The van der Waals surface area contributed by atoms with Gasteiger partial charge in [-0.1, -0.05) is 18.2 Å². The average Bonchev–Trinajstić information content (AvgIpc) is 2.53. The van der Waals surface area contributed by atoms with Gasteiger partial charge < -0.3 is 15.2 Å².